The van der Waals surface area contributed by atoms with Gasteiger partial charge in [-0.2, -0.15) is 5.26 Å². The van der Waals surface area contributed by atoms with Crippen molar-refractivity contribution in [2.45, 2.75) is 12.8 Å². The zero-order valence-corrected chi connectivity index (χ0v) is 10.2. The Bertz CT molecular complexity index is 554. The largest absolute Gasteiger partial charge is 0.280 e. The topological polar surface area (TPSA) is 82.0 Å². The standard InChI is InChI=1S/C14H13N3O2/c15-9-12(8-10-4-2-1-3-5-10)14(19)17-16-13(18)11-6-7-11/h1-5,8,11H,6-7H2,(H,16,18)(H,17,19)/b12-8+. The molecule has 0 aromatic heterocycles. The van der Waals surface area contributed by atoms with E-state index < -0.39 is 5.91 Å². The van der Waals surface area contributed by atoms with Gasteiger partial charge in [-0.25, -0.2) is 0 Å². The van der Waals surface area contributed by atoms with Crippen LogP contribution in [0.2, 0.25) is 0 Å². The third-order valence-electron chi connectivity index (χ3n) is 2.72. The second kappa shape index (κ2) is 5.83. The third-order valence-corrected chi connectivity index (χ3v) is 2.72. The van der Waals surface area contributed by atoms with Gasteiger partial charge in [0.2, 0.25) is 5.91 Å². The van der Waals surface area contributed by atoms with Crippen molar-refractivity contribution in [1.82, 2.24) is 10.9 Å². The second-order valence-corrected chi connectivity index (χ2v) is 4.30. The zero-order valence-electron chi connectivity index (χ0n) is 10.2. The van der Waals surface area contributed by atoms with E-state index in [4.69, 9.17) is 5.26 Å². The Hall–Kier alpha value is -2.61. The molecular weight excluding hydrogens is 242 g/mol. The Morgan fingerprint density at radius 2 is 1.89 bits per heavy atom. The molecule has 2 rings (SSSR count). The minimum absolute atomic E-state index is 0.00365. The molecular formula is C14H13N3O2. The number of rotatable bonds is 3. The first-order valence-corrected chi connectivity index (χ1v) is 5.98. The van der Waals surface area contributed by atoms with Gasteiger partial charge in [-0.3, -0.25) is 20.4 Å². The van der Waals surface area contributed by atoms with Gasteiger partial charge in [0.15, 0.2) is 0 Å². The first-order chi connectivity index (χ1) is 9.20. The van der Waals surface area contributed by atoms with Crippen LogP contribution >= 0.6 is 0 Å². The number of nitrogens with one attached hydrogen (secondary N) is 2. The Balaban J connectivity index is 1.97. The molecule has 2 N–H and O–H groups in total. The van der Waals surface area contributed by atoms with Crippen molar-refractivity contribution >= 4 is 17.9 Å². The molecule has 0 bridgehead atoms. The predicted octanol–water partition coefficient (Wildman–Crippen LogP) is 1.15. The summed E-state index contributed by atoms with van der Waals surface area (Å²) in [5.74, 6) is -0.811. The molecule has 1 aliphatic carbocycles. The monoisotopic (exact) mass is 255 g/mol. The molecule has 0 spiro atoms. The lowest BCUT2D eigenvalue weighted by Gasteiger charge is -2.05. The van der Waals surface area contributed by atoms with Gasteiger partial charge in [0, 0.05) is 5.92 Å². The van der Waals surface area contributed by atoms with E-state index in [0.29, 0.717) is 0 Å². The van der Waals surface area contributed by atoms with Crippen LogP contribution < -0.4 is 10.9 Å². The first kappa shape index (κ1) is 12.8. The summed E-state index contributed by atoms with van der Waals surface area (Å²) in [4.78, 5) is 23.1. The molecule has 1 saturated carbocycles. The number of carbonyl (C=O) groups is 2. The van der Waals surface area contributed by atoms with Gasteiger partial charge < -0.3 is 0 Å². The van der Waals surface area contributed by atoms with E-state index in [1.165, 1.54) is 6.08 Å². The quantitative estimate of drug-likeness (QED) is 0.483. The Kier molecular flexibility index (Phi) is 3.94. The molecule has 1 fully saturated rings. The van der Waals surface area contributed by atoms with E-state index in [1.54, 1.807) is 12.1 Å². The van der Waals surface area contributed by atoms with E-state index in [0.717, 1.165) is 18.4 Å². The summed E-state index contributed by atoms with van der Waals surface area (Å²) in [6.45, 7) is 0. The Morgan fingerprint density at radius 3 is 2.47 bits per heavy atom. The van der Waals surface area contributed by atoms with Gasteiger partial charge in [0.25, 0.3) is 5.91 Å². The number of benzene rings is 1. The summed E-state index contributed by atoms with van der Waals surface area (Å²) in [6, 6.07) is 10.9. The maximum absolute atomic E-state index is 11.7. The van der Waals surface area contributed by atoms with Gasteiger partial charge in [0.05, 0.1) is 0 Å². The normalized spacial score (nSPS) is 14.4. The number of carbonyl (C=O) groups excluding carboxylic acids is 2. The van der Waals surface area contributed by atoms with Crippen LogP contribution in [0.3, 0.4) is 0 Å². The average molecular weight is 255 g/mol. The van der Waals surface area contributed by atoms with Crippen LogP contribution in [-0.4, -0.2) is 11.8 Å². The van der Waals surface area contributed by atoms with Crippen LogP contribution in [0.25, 0.3) is 6.08 Å². The second-order valence-electron chi connectivity index (χ2n) is 4.30. The van der Waals surface area contributed by atoms with Crippen LogP contribution in [0.15, 0.2) is 35.9 Å². The lowest BCUT2D eigenvalue weighted by Crippen LogP contribution is -2.42. The molecule has 0 atom stereocenters. The SMILES string of the molecule is N#C/C(=C\c1ccccc1)C(=O)NNC(=O)C1CC1. The van der Waals surface area contributed by atoms with Gasteiger partial charge >= 0.3 is 0 Å². The van der Waals surface area contributed by atoms with Gasteiger partial charge in [-0.1, -0.05) is 30.3 Å². The highest BCUT2D eigenvalue weighted by molar-refractivity contribution is 6.02. The van der Waals surface area contributed by atoms with E-state index in [1.807, 2.05) is 24.3 Å². The maximum Gasteiger partial charge on any atom is 0.280 e. The molecule has 0 unspecified atom stereocenters. The van der Waals surface area contributed by atoms with Crippen molar-refractivity contribution in [3.63, 3.8) is 0 Å². The summed E-state index contributed by atoms with van der Waals surface area (Å²) in [6.07, 6.45) is 3.18. The number of hydrazine groups is 1. The molecule has 19 heavy (non-hydrogen) atoms. The third kappa shape index (κ3) is 3.68. The van der Waals surface area contributed by atoms with Crippen molar-refractivity contribution in [2.24, 2.45) is 5.92 Å². The van der Waals surface area contributed by atoms with Crippen LogP contribution in [-0.2, 0) is 9.59 Å². The van der Waals surface area contributed by atoms with E-state index in [9.17, 15) is 9.59 Å². The summed E-state index contributed by atoms with van der Waals surface area (Å²) in [5.41, 5.74) is 5.26. The number of nitrogens with zero attached hydrogens (tertiary/aromatic N) is 1. The summed E-state index contributed by atoms with van der Waals surface area (Å²) < 4.78 is 0. The van der Waals surface area contributed by atoms with Gasteiger partial charge in [-0.15, -0.1) is 0 Å². The Morgan fingerprint density at radius 1 is 1.21 bits per heavy atom. The Labute approximate surface area is 110 Å². The molecule has 1 aromatic rings. The lowest BCUT2D eigenvalue weighted by atomic mass is 10.1. The molecule has 96 valence electrons. The molecule has 2 amide bonds. The highest BCUT2D eigenvalue weighted by atomic mass is 16.2. The number of hydrogen-bond acceptors (Lipinski definition) is 3. The van der Waals surface area contributed by atoms with Gasteiger partial charge in [-0.05, 0) is 24.5 Å². The summed E-state index contributed by atoms with van der Waals surface area (Å²) >= 11 is 0. The van der Waals surface area contributed by atoms with Crippen molar-refractivity contribution in [3.05, 3.63) is 41.5 Å². The fourth-order valence-electron chi connectivity index (χ4n) is 1.50. The predicted molar refractivity (Wildman–Crippen MR) is 69.0 cm³/mol. The van der Waals surface area contributed by atoms with Crippen molar-refractivity contribution in [3.8, 4) is 6.07 Å². The number of nitriles is 1. The summed E-state index contributed by atoms with van der Waals surface area (Å²) in [5, 5.41) is 8.95. The maximum atomic E-state index is 11.7. The highest BCUT2D eigenvalue weighted by Crippen LogP contribution is 2.28. The highest BCUT2D eigenvalue weighted by Gasteiger charge is 2.29. The minimum atomic E-state index is -0.611. The van der Waals surface area contributed by atoms with E-state index in [2.05, 4.69) is 10.9 Å². The number of amides is 2. The van der Waals surface area contributed by atoms with E-state index in [-0.39, 0.29) is 17.4 Å². The fourth-order valence-corrected chi connectivity index (χ4v) is 1.50. The molecule has 5 heteroatoms. The molecule has 1 aliphatic rings. The van der Waals surface area contributed by atoms with Crippen LogP contribution in [0, 0.1) is 17.2 Å². The van der Waals surface area contributed by atoms with Crippen LogP contribution in [0.4, 0.5) is 0 Å². The summed E-state index contributed by atoms with van der Waals surface area (Å²) in [7, 11) is 0. The van der Waals surface area contributed by atoms with Crippen molar-refractivity contribution < 1.29 is 9.59 Å². The van der Waals surface area contributed by atoms with Crippen molar-refractivity contribution in [1.29, 1.82) is 5.26 Å². The first-order valence-electron chi connectivity index (χ1n) is 5.98. The molecule has 0 aliphatic heterocycles. The molecule has 0 saturated heterocycles. The molecule has 1 aromatic carbocycles. The van der Waals surface area contributed by atoms with E-state index >= 15 is 0 Å². The smallest absolute Gasteiger partial charge is 0.273 e. The lowest BCUT2D eigenvalue weighted by molar-refractivity contribution is -0.127. The van der Waals surface area contributed by atoms with Crippen LogP contribution in [0.1, 0.15) is 18.4 Å². The van der Waals surface area contributed by atoms with Gasteiger partial charge in [0.1, 0.15) is 11.6 Å². The molecule has 5 nitrogen and oxygen atoms in total. The van der Waals surface area contributed by atoms with Crippen LogP contribution in [0.5, 0.6) is 0 Å². The molecule has 0 heterocycles. The average Bonchev–Trinajstić information content (AvgIpc) is 3.27. The number of hydrogen-bond donors (Lipinski definition) is 2. The van der Waals surface area contributed by atoms with Crippen molar-refractivity contribution in [2.75, 3.05) is 0 Å². The zero-order chi connectivity index (χ0) is 13.7. The fraction of sp³-hybridized carbons (Fsp3) is 0.214. The minimum Gasteiger partial charge on any atom is -0.273 e. The molecule has 0 radical (unpaired) electrons.